The van der Waals surface area contributed by atoms with Crippen LogP contribution in [0.1, 0.15) is 48.7 Å². The number of amides is 1. The number of nitrogens with one attached hydrogen (secondary N) is 1. The predicted molar refractivity (Wildman–Crippen MR) is 66.6 cm³/mol. The zero-order valence-corrected chi connectivity index (χ0v) is 11.3. The van der Waals surface area contributed by atoms with Crippen molar-refractivity contribution in [3.63, 3.8) is 0 Å². The van der Waals surface area contributed by atoms with Crippen LogP contribution in [0.5, 0.6) is 0 Å². The van der Waals surface area contributed by atoms with Gasteiger partial charge >= 0.3 is 5.97 Å². The summed E-state index contributed by atoms with van der Waals surface area (Å²) in [6.45, 7) is 7.98. The second kappa shape index (κ2) is 4.80. The first-order valence-corrected chi connectivity index (χ1v) is 5.70. The average Bonchev–Trinajstić information content (AvgIpc) is 2.73. The van der Waals surface area contributed by atoms with Crippen LogP contribution >= 0.6 is 0 Å². The first-order chi connectivity index (χ1) is 8.16. The number of nitrogens with zero attached hydrogens (tertiary/aromatic N) is 2. The Morgan fingerprint density at radius 2 is 2.00 bits per heavy atom. The van der Waals surface area contributed by atoms with Gasteiger partial charge in [-0.25, -0.2) is 9.78 Å². The lowest BCUT2D eigenvalue weighted by Crippen LogP contribution is -2.43. The maximum Gasteiger partial charge on any atom is 0.354 e. The van der Waals surface area contributed by atoms with Crippen molar-refractivity contribution < 1.29 is 14.7 Å². The Morgan fingerprint density at radius 3 is 2.44 bits per heavy atom. The van der Waals surface area contributed by atoms with Crippen molar-refractivity contribution in [1.29, 1.82) is 0 Å². The van der Waals surface area contributed by atoms with Crippen LogP contribution in [0.15, 0.2) is 6.33 Å². The molecule has 0 radical (unpaired) electrons. The number of aromatic nitrogens is 2. The highest BCUT2D eigenvalue weighted by Crippen LogP contribution is 2.24. The molecule has 0 spiro atoms. The molecule has 1 heterocycles. The van der Waals surface area contributed by atoms with Gasteiger partial charge in [-0.1, -0.05) is 20.8 Å². The molecule has 1 atom stereocenters. The Morgan fingerprint density at radius 1 is 1.44 bits per heavy atom. The molecule has 6 nitrogen and oxygen atoms in total. The molecule has 0 aliphatic heterocycles. The number of rotatable bonds is 3. The minimum Gasteiger partial charge on any atom is -0.477 e. The molecule has 1 amide bonds. The fourth-order valence-corrected chi connectivity index (χ4v) is 1.54. The zero-order valence-electron chi connectivity index (χ0n) is 11.3. The molecular weight excluding hydrogens is 234 g/mol. The fourth-order valence-electron chi connectivity index (χ4n) is 1.54. The van der Waals surface area contributed by atoms with Crippen molar-refractivity contribution >= 4 is 11.9 Å². The Bertz CT molecular complexity index is 459. The van der Waals surface area contributed by atoms with Crippen molar-refractivity contribution in [3.8, 4) is 0 Å². The van der Waals surface area contributed by atoms with Crippen LogP contribution in [0.2, 0.25) is 0 Å². The van der Waals surface area contributed by atoms with Gasteiger partial charge in [0.1, 0.15) is 0 Å². The molecule has 0 aliphatic carbocycles. The summed E-state index contributed by atoms with van der Waals surface area (Å²) in [5.41, 5.74) is -0.321. The summed E-state index contributed by atoms with van der Waals surface area (Å²) in [5.74, 6) is -1.58. The van der Waals surface area contributed by atoms with Crippen LogP contribution in [-0.4, -0.2) is 44.9 Å². The van der Waals surface area contributed by atoms with Crippen LogP contribution in [0.3, 0.4) is 0 Å². The Hall–Kier alpha value is -1.85. The summed E-state index contributed by atoms with van der Waals surface area (Å²) < 4.78 is 0. The smallest absolute Gasteiger partial charge is 0.354 e. The topological polar surface area (TPSA) is 86.3 Å². The summed E-state index contributed by atoms with van der Waals surface area (Å²) in [7, 11) is 1.65. The monoisotopic (exact) mass is 253 g/mol. The van der Waals surface area contributed by atoms with E-state index in [1.165, 1.54) is 11.2 Å². The third kappa shape index (κ3) is 2.69. The van der Waals surface area contributed by atoms with Crippen LogP contribution in [0.25, 0.3) is 0 Å². The number of aromatic carboxylic acids is 1. The van der Waals surface area contributed by atoms with Crippen molar-refractivity contribution in [2.75, 3.05) is 7.05 Å². The maximum atomic E-state index is 12.2. The minimum atomic E-state index is -1.19. The van der Waals surface area contributed by atoms with Gasteiger partial charge < -0.3 is 15.0 Å². The molecule has 0 saturated heterocycles. The first kappa shape index (κ1) is 14.2. The standard InChI is InChI=1S/C12H19N3O3/c1-7(12(2,3)4)15(5)10(16)8-9(11(17)18)14-6-13-8/h6-7H,1-5H3,(H,13,14)(H,17,18). The van der Waals surface area contributed by atoms with E-state index in [4.69, 9.17) is 5.11 Å². The van der Waals surface area contributed by atoms with E-state index >= 15 is 0 Å². The second-order valence-electron chi connectivity index (χ2n) is 5.39. The third-order valence-electron chi connectivity index (χ3n) is 3.21. The van der Waals surface area contributed by atoms with E-state index in [9.17, 15) is 9.59 Å². The normalized spacial score (nSPS) is 13.2. The van der Waals surface area contributed by atoms with E-state index in [2.05, 4.69) is 9.97 Å². The molecular formula is C12H19N3O3. The Kier molecular flexibility index (Phi) is 3.79. The molecule has 18 heavy (non-hydrogen) atoms. The van der Waals surface area contributed by atoms with Crippen LogP contribution < -0.4 is 0 Å². The Balaban J connectivity index is 3.01. The summed E-state index contributed by atoms with van der Waals surface area (Å²) in [6, 6.07) is -0.0386. The summed E-state index contributed by atoms with van der Waals surface area (Å²) in [6.07, 6.45) is 1.21. The lowest BCUT2D eigenvalue weighted by molar-refractivity contribution is 0.0603. The molecule has 1 aromatic rings. The molecule has 0 saturated carbocycles. The second-order valence-corrected chi connectivity index (χ2v) is 5.39. The van der Waals surface area contributed by atoms with E-state index < -0.39 is 11.9 Å². The fraction of sp³-hybridized carbons (Fsp3) is 0.583. The number of H-pyrrole nitrogens is 1. The van der Waals surface area contributed by atoms with E-state index in [0.29, 0.717) is 0 Å². The number of imidazole rings is 1. The number of hydrogen-bond acceptors (Lipinski definition) is 3. The predicted octanol–water partition coefficient (Wildman–Crippen LogP) is 1.61. The van der Waals surface area contributed by atoms with Gasteiger partial charge in [0, 0.05) is 13.1 Å². The molecule has 1 aromatic heterocycles. The molecule has 100 valence electrons. The number of carbonyl (C=O) groups excluding carboxylic acids is 1. The van der Waals surface area contributed by atoms with Gasteiger partial charge in [-0.3, -0.25) is 4.79 Å². The van der Waals surface area contributed by atoms with E-state index in [0.717, 1.165) is 0 Å². The number of carboxylic acid groups (broad SMARTS) is 1. The number of aromatic amines is 1. The van der Waals surface area contributed by atoms with E-state index in [1.54, 1.807) is 7.05 Å². The largest absolute Gasteiger partial charge is 0.477 e. The van der Waals surface area contributed by atoms with Crippen LogP contribution in [0, 0.1) is 5.41 Å². The third-order valence-corrected chi connectivity index (χ3v) is 3.21. The van der Waals surface area contributed by atoms with Gasteiger partial charge in [-0.05, 0) is 12.3 Å². The van der Waals surface area contributed by atoms with Gasteiger partial charge in [0.2, 0.25) is 0 Å². The number of carboxylic acids is 1. The summed E-state index contributed by atoms with van der Waals surface area (Å²) in [5, 5.41) is 8.94. The van der Waals surface area contributed by atoms with Gasteiger partial charge in [0.05, 0.1) is 6.33 Å². The molecule has 1 unspecified atom stereocenters. The number of carbonyl (C=O) groups is 2. The zero-order chi connectivity index (χ0) is 14.1. The highest BCUT2D eigenvalue weighted by molar-refractivity contribution is 6.02. The van der Waals surface area contributed by atoms with E-state index in [-0.39, 0.29) is 22.8 Å². The van der Waals surface area contributed by atoms with Crippen molar-refractivity contribution in [3.05, 3.63) is 17.7 Å². The van der Waals surface area contributed by atoms with Crippen molar-refractivity contribution in [2.24, 2.45) is 5.41 Å². The van der Waals surface area contributed by atoms with Gasteiger partial charge in [0.15, 0.2) is 11.4 Å². The molecule has 1 rings (SSSR count). The molecule has 0 aromatic carbocycles. The minimum absolute atomic E-state index is 0.0386. The average molecular weight is 253 g/mol. The van der Waals surface area contributed by atoms with Crippen LogP contribution in [0.4, 0.5) is 0 Å². The highest BCUT2D eigenvalue weighted by atomic mass is 16.4. The lowest BCUT2D eigenvalue weighted by Gasteiger charge is -2.35. The van der Waals surface area contributed by atoms with Crippen molar-refractivity contribution in [2.45, 2.75) is 33.7 Å². The quantitative estimate of drug-likeness (QED) is 0.856. The SMILES string of the molecule is CC(N(C)C(=O)c1nc[nH]c1C(=O)O)C(C)(C)C. The van der Waals surface area contributed by atoms with Gasteiger partial charge in [-0.15, -0.1) is 0 Å². The molecule has 2 N–H and O–H groups in total. The molecule has 0 bridgehead atoms. The van der Waals surface area contributed by atoms with Crippen LogP contribution in [-0.2, 0) is 0 Å². The first-order valence-electron chi connectivity index (χ1n) is 5.70. The van der Waals surface area contributed by atoms with Gasteiger partial charge in [0.25, 0.3) is 5.91 Å². The Labute approximate surface area is 106 Å². The highest BCUT2D eigenvalue weighted by Gasteiger charge is 2.30. The molecule has 6 heteroatoms. The maximum absolute atomic E-state index is 12.2. The van der Waals surface area contributed by atoms with Gasteiger partial charge in [-0.2, -0.15) is 0 Å². The van der Waals surface area contributed by atoms with E-state index in [1.807, 2.05) is 27.7 Å². The van der Waals surface area contributed by atoms with Crippen molar-refractivity contribution in [1.82, 2.24) is 14.9 Å². The lowest BCUT2D eigenvalue weighted by atomic mass is 9.87. The summed E-state index contributed by atoms with van der Waals surface area (Å²) in [4.78, 5) is 30.9. The molecule has 0 fully saturated rings. The molecule has 0 aliphatic rings. The number of hydrogen-bond donors (Lipinski definition) is 2. The summed E-state index contributed by atoms with van der Waals surface area (Å²) >= 11 is 0.